The van der Waals surface area contributed by atoms with Crippen molar-refractivity contribution in [1.82, 2.24) is 0 Å². The van der Waals surface area contributed by atoms with Gasteiger partial charge in [0.05, 0.1) is 35.5 Å². The molecule has 0 unspecified atom stereocenters. The molecule has 3 aromatic rings. The van der Waals surface area contributed by atoms with E-state index in [2.05, 4.69) is 0 Å². The molecule has 0 N–H and O–H groups in total. The molecule has 1 aliphatic rings. The van der Waals surface area contributed by atoms with Gasteiger partial charge in [0.1, 0.15) is 28.7 Å². The standard InChI is InChI=1S/C26H24O6/c1-28-17-8-6-15(7-9-17)23-24(16-10-18(29-2)12-19(11-16)30-3)26(27)21-13-20(31-4)14-22(32-5)25(21)23/h6-14H,1-5H3. The lowest BCUT2D eigenvalue weighted by molar-refractivity contribution is 0.105. The Morgan fingerprint density at radius 1 is 0.531 bits per heavy atom. The van der Waals surface area contributed by atoms with E-state index in [0.717, 1.165) is 22.4 Å². The lowest BCUT2D eigenvalue weighted by atomic mass is 9.93. The Kier molecular flexibility index (Phi) is 5.77. The number of carbonyl (C=O) groups excluding carboxylic acids is 1. The van der Waals surface area contributed by atoms with Gasteiger partial charge in [0.25, 0.3) is 0 Å². The van der Waals surface area contributed by atoms with Crippen molar-refractivity contribution < 1.29 is 28.5 Å². The van der Waals surface area contributed by atoms with Crippen LogP contribution in [-0.2, 0) is 0 Å². The largest absolute Gasteiger partial charge is 0.497 e. The fraction of sp³-hybridized carbons (Fsp3) is 0.192. The quantitative estimate of drug-likeness (QED) is 0.530. The smallest absolute Gasteiger partial charge is 0.195 e. The molecular weight excluding hydrogens is 408 g/mol. The van der Waals surface area contributed by atoms with Crippen molar-refractivity contribution in [2.24, 2.45) is 0 Å². The Morgan fingerprint density at radius 3 is 1.62 bits per heavy atom. The minimum Gasteiger partial charge on any atom is -0.497 e. The Hall–Kier alpha value is -3.93. The van der Waals surface area contributed by atoms with Gasteiger partial charge in [-0.15, -0.1) is 0 Å². The van der Waals surface area contributed by atoms with Crippen LogP contribution in [0.2, 0.25) is 0 Å². The number of ether oxygens (including phenoxy) is 5. The molecule has 0 atom stereocenters. The number of carbonyl (C=O) groups is 1. The third kappa shape index (κ3) is 3.54. The highest BCUT2D eigenvalue weighted by atomic mass is 16.5. The van der Waals surface area contributed by atoms with Crippen molar-refractivity contribution in [2.45, 2.75) is 0 Å². The predicted molar refractivity (Wildman–Crippen MR) is 122 cm³/mol. The molecule has 0 aliphatic heterocycles. The van der Waals surface area contributed by atoms with Crippen LogP contribution in [0.3, 0.4) is 0 Å². The highest BCUT2D eigenvalue weighted by Gasteiger charge is 2.35. The Morgan fingerprint density at radius 2 is 1.09 bits per heavy atom. The van der Waals surface area contributed by atoms with E-state index in [0.29, 0.717) is 39.7 Å². The highest BCUT2D eigenvalue weighted by Crippen LogP contribution is 2.48. The summed E-state index contributed by atoms with van der Waals surface area (Å²) < 4.78 is 27.3. The van der Waals surface area contributed by atoms with E-state index in [1.165, 1.54) is 0 Å². The van der Waals surface area contributed by atoms with E-state index in [1.54, 1.807) is 53.7 Å². The van der Waals surface area contributed by atoms with Gasteiger partial charge in [0, 0.05) is 34.4 Å². The van der Waals surface area contributed by atoms with Gasteiger partial charge in [-0.05, 0) is 41.5 Å². The van der Waals surface area contributed by atoms with Crippen LogP contribution in [0, 0.1) is 0 Å². The molecule has 3 aromatic carbocycles. The predicted octanol–water partition coefficient (Wildman–Crippen LogP) is 4.89. The van der Waals surface area contributed by atoms with Crippen molar-refractivity contribution in [2.75, 3.05) is 35.5 Å². The first kappa shape index (κ1) is 21.3. The normalized spacial score (nSPS) is 12.5. The second kappa shape index (κ2) is 8.67. The molecule has 0 heterocycles. The van der Waals surface area contributed by atoms with Crippen molar-refractivity contribution in [3.05, 3.63) is 76.9 Å². The van der Waals surface area contributed by atoms with Crippen molar-refractivity contribution in [3.8, 4) is 28.7 Å². The highest BCUT2D eigenvalue weighted by molar-refractivity contribution is 6.42. The van der Waals surface area contributed by atoms with Crippen LogP contribution in [0.15, 0.2) is 54.6 Å². The van der Waals surface area contributed by atoms with Crippen LogP contribution in [0.4, 0.5) is 0 Å². The zero-order valence-electron chi connectivity index (χ0n) is 18.6. The van der Waals surface area contributed by atoms with Crippen molar-refractivity contribution >= 4 is 16.9 Å². The van der Waals surface area contributed by atoms with Crippen molar-refractivity contribution in [1.29, 1.82) is 0 Å². The molecular formula is C26H24O6. The maximum Gasteiger partial charge on any atom is 0.195 e. The van der Waals surface area contributed by atoms with Gasteiger partial charge in [-0.2, -0.15) is 0 Å². The van der Waals surface area contributed by atoms with Gasteiger partial charge in [0.2, 0.25) is 0 Å². The lowest BCUT2D eigenvalue weighted by Crippen LogP contribution is -2.01. The monoisotopic (exact) mass is 432 g/mol. The number of ketones is 1. The van der Waals surface area contributed by atoms with Gasteiger partial charge in [0.15, 0.2) is 5.78 Å². The average molecular weight is 432 g/mol. The van der Waals surface area contributed by atoms with Crippen LogP contribution >= 0.6 is 0 Å². The summed E-state index contributed by atoms with van der Waals surface area (Å²) in [6.45, 7) is 0. The fourth-order valence-corrected chi connectivity index (χ4v) is 3.95. The number of methoxy groups -OCH3 is 5. The number of Topliss-reactive ketones (excluding diaryl/α,β-unsaturated/α-hetero) is 1. The Bertz CT molecular complexity index is 1190. The summed E-state index contributed by atoms with van der Waals surface area (Å²) >= 11 is 0. The second-order valence-electron chi connectivity index (χ2n) is 7.16. The van der Waals surface area contributed by atoms with Gasteiger partial charge in [-0.3, -0.25) is 4.79 Å². The number of allylic oxidation sites excluding steroid dienone is 1. The van der Waals surface area contributed by atoms with E-state index in [9.17, 15) is 4.79 Å². The first-order chi connectivity index (χ1) is 15.5. The molecule has 32 heavy (non-hydrogen) atoms. The van der Waals surface area contributed by atoms with Crippen LogP contribution in [0.25, 0.3) is 11.1 Å². The third-order valence-electron chi connectivity index (χ3n) is 5.52. The molecule has 4 rings (SSSR count). The summed E-state index contributed by atoms with van der Waals surface area (Å²) in [5.74, 6) is 2.89. The molecule has 0 spiro atoms. The summed E-state index contributed by atoms with van der Waals surface area (Å²) in [5, 5.41) is 0. The fourth-order valence-electron chi connectivity index (χ4n) is 3.95. The molecule has 6 heteroatoms. The minimum absolute atomic E-state index is 0.127. The summed E-state index contributed by atoms with van der Waals surface area (Å²) in [6, 6.07) is 16.5. The number of rotatable bonds is 7. The minimum atomic E-state index is -0.127. The molecule has 164 valence electrons. The third-order valence-corrected chi connectivity index (χ3v) is 5.52. The van der Waals surface area contributed by atoms with E-state index < -0.39 is 0 Å². The summed E-state index contributed by atoms with van der Waals surface area (Å²) in [5.41, 5.74) is 4.09. The molecule has 0 radical (unpaired) electrons. The number of hydrogen-bond acceptors (Lipinski definition) is 6. The van der Waals surface area contributed by atoms with E-state index in [4.69, 9.17) is 23.7 Å². The zero-order chi connectivity index (χ0) is 22.8. The number of benzene rings is 3. The van der Waals surface area contributed by atoms with E-state index >= 15 is 0 Å². The van der Waals surface area contributed by atoms with Crippen LogP contribution in [-0.4, -0.2) is 41.3 Å². The summed E-state index contributed by atoms with van der Waals surface area (Å²) in [6.07, 6.45) is 0. The SMILES string of the molecule is COc1ccc(C2=C(c3cc(OC)cc(OC)c3)C(=O)c3cc(OC)cc(OC)c32)cc1. The topological polar surface area (TPSA) is 63.2 Å². The zero-order valence-corrected chi connectivity index (χ0v) is 18.6. The molecule has 0 bridgehead atoms. The molecule has 6 nitrogen and oxygen atoms in total. The molecule has 0 fully saturated rings. The number of hydrogen-bond donors (Lipinski definition) is 0. The van der Waals surface area contributed by atoms with Crippen LogP contribution in [0.5, 0.6) is 28.7 Å². The first-order valence-corrected chi connectivity index (χ1v) is 9.97. The lowest BCUT2D eigenvalue weighted by Gasteiger charge is -2.14. The van der Waals surface area contributed by atoms with Gasteiger partial charge >= 0.3 is 0 Å². The summed E-state index contributed by atoms with van der Waals surface area (Å²) in [7, 11) is 7.92. The molecule has 1 aliphatic carbocycles. The van der Waals surface area contributed by atoms with Crippen LogP contribution in [0.1, 0.15) is 27.0 Å². The first-order valence-electron chi connectivity index (χ1n) is 9.97. The summed E-state index contributed by atoms with van der Waals surface area (Å²) in [4.78, 5) is 13.8. The Labute approximate surface area is 186 Å². The maximum absolute atomic E-state index is 13.8. The van der Waals surface area contributed by atoms with Gasteiger partial charge in [-0.25, -0.2) is 0 Å². The maximum atomic E-state index is 13.8. The van der Waals surface area contributed by atoms with Gasteiger partial charge in [-0.1, -0.05) is 12.1 Å². The van der Waals surface area contributed by atoms with Gasteiger partial charge < -0.3 is 23.7 Å². The van der Waals surface area contributed by atoms with E-state index in [-0.39, 0.29) is 5.78 Å². The molecule has 0 aromatic heterocycles. The van der Waals surface area contributed by atoms with Crippen molar-refractivity contribution in [3.63, 3.8) is 0 Å². The molecule has 0 saturated carbocycles. The molecule has 0 amide bonds. The average Bonchev–Trinajstić information content (AvgIpc) is 3.15. The van der Waals surface area contributed by atoms with E-state index in [1.807, 2.05) is 36.4 Å². The molecule has 0 saturated heterocycles. The second-order valence-corrected chi connectivity index (χ2v) is 7.16. The Balaban J connectivity index is 2.05. The number of fused-ring (bicyclic) bond motifs is 1. The van der Waals surface area contributed by atoms with Crippen LogP contribution < -0.4 is 23.7 Å².